The van der Waals surface area contributed by atoms with Gasteiger partial charge in [0.25, 0.3) is 0 Å². The highest BCUT2D eigenvalue weighted by molar-refractivity contribution is 14.1. The van der Waals surface area contributed by atoms with Gasteiger partial charge in [0.15, 0.2) is 5.82 Å². The number of halogens is 3. The molecule has 0 bridgehead atoms. The van der Waals surface area contributed by atoms with E-state index in [1.165, 1.54) is 0 Å². The normalized spacial score (nSPS) is 10.6. The number of rotatable bonds is 1. The molecule has 0 saturated carbocycles. The third-order valence-electron chi connectivity index (χ3n) is 2.41. The summed E-state index contributed by atoms with van der Waals surface area (Å²) < 4.78 is 1.95. The predicted molar refractivity (Wildman–Crippen MR) is 82.4 cm³/mol. The topological polar surface area (TPSA) is 25.8 Å². The molecular weight excluding hydrogens is 414 g/mol. The monoisotopic (exact) mass is 422 g/mol. The number of aromatic nitrogens is 2. The van der Waals surface area contributed by atoms with E-state index in [0.717, 1.165) is 24.9 Å². The van der Waals surface area contributed by atoms with Crippen LogP contribution in [-0.4, -0.2) is 9.97 Å². The lowest BCUT2D eigenvalue weighted by Gasteiger charge is -2.08. The van der Waals surface area contributed by atoms with Crippen LogP contribution in [0.3, 0.4) is 0 Å². The first kappa shape index (κ1) is 13.2. The molecule has 0 spiro atoms. The van der Waals surface area contributed by atoms with Gasteiger partial charge < -0.3 is 0 Å². The summed E-state index contributed by atoms with van der Waals surface area (Å²) in [6, 6.07) is 6.02. The lowest BCUT2D eigenvalue weighted by Crippen LogP contribution is -1.97. The summed E-state index contributed by atoms with van der Waals surface area (Å²) in [5.41, 5.74) is 3.04. The summed E-state index contributed by atoms with van der Waals surface area (Å²) in [5.74, 6) is 0.679. The van der Waals surface area contributed by atoms with Crippen molar-refractivity contribution in [3.8, 4) is 11.4 Å². The Morgan fingerprint density at radius 3 is 2.53 bits per heavy atom. The summed E-state index contributed by atoms with van der Waals surface area (Å²) in [6.07, 6.45) is 0. The van der Waals surface area contributed by atoms with Crippen molar-refractivity contribution in [2.24, 2.45) is 0 Å². The molecule has 2 aromatic rings. The van der Waals surface area contributed by atoms with Crippen molar-refractivity contribution in [2.45, 2.75) is 13.8 Å². The van der Waals surface area contributed by atoms with Crippen molar-refractivity contribution in [2.75, 3.05) is 0 Å². The van der Waals surface area contributed by atoms with Crippen LogP contribution in [0.25, 0.3) is 11.4 Å². The second-order valence-electron chi connectivity index (χ2n) is 3.70. The maximum atomic E-state index is 6.08. The minimum absolute atomic E-state index is 0.510. The largest absolute Gasteiger partial charge is 0.232 e. The standard InChI is InChI=1S/C12H9BrClIN2/c1-6-5-8(13)3-4-9(6)12-16-7(2)10(15)11(14)17-12/h3-5H,1-2H3. The van der Waals surface area contributed by atoms with Crippen LogP contribution in [0.1, 0.15) is 11.3 Å². The summed E-state index contributed by atoms with van der Waals surface area (Å²) >= 11 is 11.7. The Kier molecular flexibility index (Phi) is 4.05. The van der Waals surface area contributed by atoms with E-state index in [2.05, 4.69) is 48.5 Å². The Labute approximate surface area is 127 Å². The SMILES string of the molecule is Cc1cc(Br)ccc1-c1nc(C)c(I)c(Cl)n1. The minimum atomic E-state index is 0.510. The molecule has 0 unspecified atom stereocenters. The lowest BCUT2D eigenvalue weighted by molar-refractivity contribution is 1.09. The van der Waals surface area contributed by atoms with E-state index < -0.39 is 0 Å². The predicted octanol–water partition coefficient (Wildman–Crippen LogP) is 4.78. The fourth-order valence-corrected chi connectivity index (χ4v) is 2.46. The molecule has 1 aromatic carbocycles. The van der Waals surface area contributed by atoms with Crippen molar-refractivity contribution in [3.63, 3.8) is 0 Å². The van der Waals surface area contributed by atoms with Crippen LogP contribution < -0.4 is 0 Å². The van der Waals surface area contributed by atoms with Gasteiger partial charge in [-0.05, 0) is 60.2 Å². The Hall–Kier alpha value is -0.200. The first-order chi connectivity index (χ1) is 7.99. The molecule has 2 rings (SSSR count). The molecule has 0 aliphatic carbocycles. The molecule has 0 atom stereocenters. The number of hydrogen-bond donors (Lipinski definition) is 0. The highest BCUT2D eigenvalue weighted by atomic mass is 127. The van der Waals surface area contributed by atoms with E-state index in [0.29, 0.717) is 11.0 Å². The van der Waals surface area contributed by atoms with Crippen LogP contribution in [0.5, 0.6) is 0 Å². The first-order valence-corrected chi connectivity index (χ1v) is 7.20. The van der Waals surface area contributed by atoms with E-state index in [4.69, 9.17) is 11.6 Å². The molecule has 88 valence electrons. The van der Waals surface area contributed by atoms with Gasteiger partial charge in [-0.1, -0.05) is 27.5 Å². The molecule has 1 heterocycles. The van der Waals surface area contributed by atoms with Gasteiger partial charge >= 0.3 is 0 Å². The highest BCUT2D eigenvalue weighted by Gasteiger charge is 2.10. The van der Waals surface area contributed by atoms with Crippen LogP contribution in [0.15, 0.2) is 22.7 Å². The molecule has 17 heavy (non-hydrogen) atoms. The second-order valence-corrected chi connectivity index (χ2v) is 6.05. The molecule has 1 aromatic heterocycles. The van der Waals surface area contributed by atoms with Crippen LogP contribution in [-0.2, 0) is 0 Å². The Bertz CT molecular complexity index is 564. The van der Waals surface area contributed by atoms with E-state index in [9.17, 15) is 0 Å². The number of aryl methyl sites for hydroxylation is 2. The molecule has 0 saturated heterocycles. The third kappa shape index (κ3) is 2.80. The Balaban J connectivity index is 2.61. The van der Waals surface area contributed by atoms with E-state index >= 15 is 0 Å². The van der Waals surface area contributed by atoms with Crippen molar-refractivity contribution in [1.29, 1.82) is 0 Å². The Morgan fingerprint density at radius 2 is 1.94 bits per heavy atom. The van der Waals surface area contributed by atoms with E-state index in [1.54, 1.807) is 0 Å². The van der Waals surface area contributed by atoms with Gasteiger partial charge in [0.05, 0.1) is 9.26 Å². The lowest BCUT2D eigenvalue weighted by atomic mass is 10.1. The number of benzene rings is 1. The van der Waals surface area contributed by atoms with Crippen LogP contribution in [0.4, 0.5) is 0 Å². The molecule has 0 aliphatic heterocycles. The zero-order valence-corrected chi connectivity index (χ0v) is 13.8. The summed E-state index contributed by atoms with van der Waals surface area (Å²) in [4.78, 5) is 8.80. The molecule has 0 fully saturated rings. The van der Waals surface area contributed by atoms with Crippen LogP contribution >= 0.6 is 50.1 Å². The van der Waals surface area contributed by atoms with Gasteiger partial charge in [0, 0.05) is 10.0 Å². The molecule has 5 heteroatoms. The van der Waals surface area contributed by atoms with Crippen LogP contribution in [0, 0.1) is 17.4 Å². The van der Waals surface area contributed by atoms with Gasteiger partial charge in [-0.25, -0.2) is 9.97 Å². The quantitative estimate of drug-likeness (QED) is 0.487. The number of hydrogen-bond acceptors (Lipinski definition) is 2. The second kappa shape index (κ2) is 5.20. The average Bonchev–Trinajstić information content (AvgIpc) is 2.25. The van der Waals surface area contributed by atoms with Crippen molar-refractivity contribution < 1.29 is 0 Å². The molecule has 0 N–H and O–H groups in total. The molecule has 0 aliphatic rings. The van der Waals surface area contributed by atoms with Crippen molar-refractivity contribution in [3.05, 3.63) is 42.7 Å². The average molecular weight is 423 g/mol. The van der Waals surface area contributed by atoms with Gasteiger partial charge in [-0.15, -0.1) is 0 Å². The molecule has 0 amide bonds. The number of nitrogens with zero attached hydrogens (tertiary/aromatic N) is 2. The third-order valence-corrected chi connectivity index (χ3v) is 4.78. The molecule has 2 nitrogen and oxygen atoms in total. The molecule has 0 radical (unpaired) electrons. The zero-order chi connectivity index (χ0) is 12.6. The van der Waals surface area contributed by atoms with Gasteiger partial charge in [-0.2, -0.15) is 0 Å². The van der Waals surface area contributed by atoms with Crippen LogP contribution in [0.2, 0.25) is 5.15 Å². The van der Waals surface area contributed by atoms with E-state index in [1.807, 2.05) is 32.0 Å². The zero-order valence-electron chi connectivity index (χ0n) is 9.26. The highest BCUT2D eigenvalue weighted by Crippen LogP contribution is 2.27. The Morgan fingerprint density at radius 1 is 1.24 bits per heavy atom. The summed E-state index contributed by atoms with van der Waals surface area (Å²) in [7, 11) is 0. The smallest absolute Gasteiger partial charge is 0.161 e. The van der Waals surface area contributed by atoms with Gasteiger partial charge in [0.1, 0.15) is 5.15 Å². The van der Waals surface area contributed by atoms with Gasteiger partial charge in [0.2, 0.25) is 0 Å². The van der Waals surface area contributed by atoms with Crippen molar-refractivity contribution >= 4 is 50.1 Å². The fourth-order valence-electron chi connectivity index (χ4n) is 1.52. The fraction of sp³-hybridized carbons (Fsp3) is 0.167. The summed E-state index contributed by atoms with van der Waals surface area (Å²) in [5, 5.41) is 0.510. The first-order valence-electron chi connectivity index (χ1n) is 4.95. The maximum Gasteiger partial charge on any atom is 0.161 e. The summed E-state index contributed by atoms with van der Waals surface area (Å²) in [6.45, 7) is 3.97. The molecular formula is C12H9BrClIN2. The van der Waals surface area contributed by atoms with E-state index in [-0.39, 0.29) is 0 Å². The van der Waals surface area contributed by atoms with Crippen molar-refractivity contribution in [1.82, 2.24) is 9.97 Å². The minimum Gasteiger partial charge on any atom is -0.232 e. The van der Waals surface area contributed by atoms with Gasteiger partial charge in [-0.3, -0.25) is 0 Å². The maximum absolute atomic E-state index is 6.08.